The second kappa shape index (κ2) is 4.18. The zero-order valence-corrected chi connectivity index (χ0v) is 10.5. The SMILES string of the molecule is Brc1ccc(C2NN=C3CCNCC32)cc1. The van der Waals surface area contributed by atoms with Crippen molar-refractivity contribution in [1.82, 2.24) is 10.7 Å². The van der Waals surface area contributed by atoms with Gasteiger partial charge in [-0.1, -0.05) is 28.1 Å². The van der Waals surface area contributed by atoms with Crippen LogP contribution in [0.15, 0.2) is 33.8 Å². The fourth-order valence-corrected chi connectivity index (χ4v) is 2.71. The van der Waals surface area contributed by atoms with E-state index in [0.29, 0.717) is 12.0 Å². The average Bonchev–Trinajstić information content (AvgIpc) is 2.74. The van der Waals surface area contributed by atoms with Gasteiger partial charge in [-0.2, -0.15) is 5.10 Å². The molecule has 2 aliphatic heterocycles. The molecule has 1 saturated heterocycles. The van der Waals surface area contributed by atoms with Gasteiger partial charge in [0.05, 0.1) is 6.04 Å². The third kappa shape index (κ3) is 1.76. The topological polar surface area (TPSA) is 36.4 Å². The summed E-state index contributed by atoms with van der Waals surface area (Å²) in [4.78, 5) is 0. The maximum Gasteiger partial charge on any atom is 0.0782 e. The highest BCUT2D eigenvalue weighted by Gasteiger charge is 2.33. The van der Waals surface area contributed by atoms with Gasteiger partial charge < -0.3 is 10.7 Å². The molecule has 1 aromatic rings. The maximum atomic E-state index is 4.45. The highest BCUT2D eigenvalue weighted by atomic mass is 79.9. The molecule has 3 nitrogen and oxygen atoms in total. The molecule has 1 fully saturated rings. The predicted octanol–water partition coefficient (Wildman–Crippen LogP) is 2.06. The van der Waals surface area contributed by atoms with Gasteiger partial charge in [-0.05, 0) is 17.7 Å². The van der Waals surface area contributed by atoms with Gasteiger partial charge >= 0.3 is 0 Å². The van der Waals surface area contributed by atoms with Gasteiger partial charge in [0.1, 0.15) is 0 Å². The van der Waals surface area contributed by atoms with Crippen LogP contribution >= 0.6 is 15.9 Å². The molecule has 2 heterocycles. The van der Waals surface area contributed by atoms with Crippen molar-refractivity contribution < 1.29 is 0 Å². The van der Waals surface area contributed by atoms with E-state index in [-0.39, 0.29) is 0 Å². The molecule has 2 N–H and O–H groups in total. The molecule has 84 valence electrons. The van der Waals surface area contributed by atoms with E-state index in [1.165, 1.54) is 11.3 Å². The van der Waals surface area contributed by atoms with Crippen molar-refractivity contribution in [2.24, 2.45) is 11.0 Å². The lowest BCUT2D eigenvalue weighted by Gasteiger charge is -2.25. The first-order valence-electron chi connectivity index (χ1n) is 5.63. The van der Waals surface area contributed by atoms with E-state index in [9.17, 15) is 0 Å². The molecule has 0 amide bonds. The van der Waals surface area contributed by atoms with Gasteiger partial charge in [0, 0.05) is 35.6 Å². The number of nitrogens with one attached hydrogen (secondary N) is 2. The van der Waals surface area contributed by atoms with E-state index in [0.717, 1.165) is 24.0 Å². The summed E-state index contributed by atoms with van der Waals surface area (Å²) < 4.78 is 1.12. The summed E-state index contributed by atoms with van der Waals surface area (Å²) >= 11 is 3.46. The first kappa shape index (κ1) is 10.3. The van der Waals surface area contributed by atoms with E-state index >= 15 is 0 Å². The Bertz CT molecular complexity index is 413. The molecule has 0 radical (unpaired) electrons. The van der Waals surface area contributed by atoms with E-state index in [4.69, 9.17) is 0 Å². The zero-order valence-electron chi connectivity index (χ0n) is 8.91. The van der Waals surface area contributed by atoms with Crippen LogP contribution in [0.3, 0.4) is 0 Å². The Morgan fingerprint density at radius 1 is 1.25 bits per heavy atom. The molecule has 2 atom stereocenters. The van der Waals surface area contributed by atoms with Gasteiger partial charge in [-0.25, -0.2) is 0 Å². The van der Waals surface area contributed by atoms with Crippen LogP contribution in [-0.4, -0.2) is 18.8 Å². The third-order valence-electron chi connectivity index (χ3n) is 3.33. The summed E-state index contributed by atoms with van der Waals surface area (Å²) in [6.45, 7) is 2.09. The van der Waals surface area contributed by atoms with E-state index in [1.807, 2.05) is 0 Å². The van der Waals surface area contributed by atoms with Gasteiger partial charge in [0.25, 0.3) is 0 Å². The molecule has 2 aliphatic rings. The Labute approximate surface area is 103 Å². The molecule has 0 aromatic heterocycles. The summed E-state index contributed by atoms with van der Waals surface area (Å²) in [6, 6.07) is 8.84. The summed E-state index contributed by atoms with van der Waals surface area (Å²) in [7, 11) is 0. The summed E-state index contributed by atoms with van der Waals surface area (Å²) in [5, 5.41) is 7.89. The lowest BCUT2D eigenvalue weighted by Crippen LogP contribution is -2.38. The van der Waals surface area contributed by atoms with Crippen LogP contribution in [0.25, 0.3) is 0 Å². The van der Waals surface area contributed by atoms with E-state index in [2.05, 4.69) is 56.0 Å². The Morgan fingerprint density at radius 2 is 2.06 bits per heavy atom. The normalized spacial score (nSPS) is 28.2. The Morgan fingerprint density at radius 3 is 2.88 bits per heavy atom. The quantitative estimate of drug-likeness (QED) is 0.826. The molecule has 4 heteroatoms. The molecule has 0 aliphatic carbocycles. The second-order valence-electron chi connectivity index (χ2n) is 4.32. The average molecular weight is 280 g/mol. The van der Waals surface area contributed by atoms with Crippen molar-refractivity contribution in [2.75, 3.05) is 13.1 Å². The van der Waals surface area contributed by atoms with Crippen molar-refractivity contribution in [1.29, 1.82) is 0 Å². The molecule has 3 rings (SSSR count). The van der Waals surface area contributed by atoms with Crippen molar-refractivity contribution in [2.45, 2.75) is 12.5 Å². The first-order chi connectivity index (χ1) is 7.84. The number of rotatable bonds is 1. The predicted molar refractivity (Wildman–Crippen MR) is 68.4 cm³/mol. The second-order valence-corrected chi connectivity index (χ2v) is 5.24. The minimum Gasteiger partial charge on any atom is -0.316 e. The number of benzene rings is 1. The highest BCUT2D eigenvalue weighted by molar-refractivity contribution is 9.10. The summed E-state index contributed by atoms with van der Waals surface area (Å²) in [5.41, 5.74) is 5.91. The molecule has 0 saturated carbocycles. The molecule has 1 aromatic carbocycles. The fourth-order valence-electron chi connectivity index (χ4n) is 2.45. The number of hydrazone groups is 1. The van der Waals surface area contributed by atoms with Crippen LogP contribution in [0.4, 0.5) is 0 Å². The Kier molecular flexibility index (Phi) is 2.69. The third-order valence-corrected chi connectivity index (χ3v) is 3.86. The number of nitrogens with zero attached hydrogens (tertiary/aromatic N) is 1. The van der Waals surface area contributed by atoms with Crippen molar-refractivity contribution in [3.8, 4) is 0 Å². The van der Waals surface area contributed by atoms with Crippen molar-refractivity contribution in [3.05, 3.63) is 34.3 Å². The zero-order chi connectivity index (χ0) is 11.0. The lowest BCUT2D eigenvalue weighted by atomic mass is 9.87. The van der Waals surface area contributed by atoms with Crippen LogP contribution < -0.4 is 10.7 Å². The largest absolute Gasteiger partial charge is 0.316 e. The number of hydrogen-bond donors (Lipinski definition) is 2. The van der Waals surface area contributed by atoms with Crippen LogP contribution in [0.5, 0.6) is 0 Å². The van der Waals surface area contributed by atoms with E-state index < -0.39 is 0 Å². The van der Waals surface area contributed by atoms with Crippen molar-refractivity contribution in [3.63, 3.8) is 0 Å². The standard InChI is InChI=1S/C12H14BrN3/c13-9-3-1-8(2-4-9)12-10-7-14-6-5-11(10)15-16-12/h1-4,10,12,14,16H,5-7H2. The first-order valence-corrected chi connectivity index (χ1v) is 6.42. The summed E-state index contributed by atoms with van der Waals surface area (Å²) in [6.07, 6.45) is 1.07. The van der Waals surface area contributed by atoms with Gasteiger partial charge in [-0.3, -0.25) is 0 Å². The minimum atomic E-state index is 0.343. The summed E-state index contributed by atoms with van der Waals surface area (Å²) in [5.74, 6) is 0.523. The molecule has 0 bridgehead atoms. The van der Waals surface area contributed by atoms with Crippen LogP contribution in [0.2, 0.25) is 0 Å². The number of piperidine rings is 1. The molecule has 2 unspecified atom stereocenters. The van der Waals surface area contributed by atoms with Crippen LogP contribution in [0, 0.1) is 5.92 Å². The number of hydrogen-bond acceptors (Lipinski definition) is 3. The number of fused-ring (bicyclic) bond motifs is 1. The molecule has 0 spiro atoms. The molecular weight excluding hydrogens is 266 g/mol. The van der Waals surface area contributed by atoms with Crippen molar-refractivity contribution >= 4 is 21.6 Å². The smallest absolute Gasteiger partial charge is 0.0782 e. The Hall–Kier alpha value is -0.870. The monoisotopic (exact) mass is 279 g/mol. The van der Waals surface area contributed by atoms with Crippen LogP contribution in [0.1, 0.15) is 18.0 Å². The number of halogens is 1. The van der Waals surface area contributed by atoms with Gasteiger partial charge in [-0.15, -0.1) is 0 Å². The van der Waals surface area contributed by atoms with Crippen LogP contribution in [-0.2, 0) is 0 Å². The van der Waals surface area contributed by atoms with Gasteiger partial charge in [0.15, 0.2) is 0 Å². The molecular formula is C12H14BrN3. The van der Waals surface area contributed by atoms with Gasteiger partial charge in [0.2, 0.25) is 0 Å². The van der Waals surface area contributed by atoms with E-state index in [1.54, 1.807) is 0 Å². The highest BCUT2D eigenvalue weighted by Crippen LogP contribution is 2.30. The molecule has 16 heavy (non-hydrogen) atoms. The minimum absolute atomic E-state index is 0.343. The Balaban J connectivity index is 1.84. The lowest BCUT2D eigenvalue weighted by molar-refractivity contribution is 0.450. The maximum absolute atomic E-state index is 4.45. The fraction of sp³-hybridized carbons (Fsp3) is 0.417.